The van der Waals surface area contributed by atoms with Crippen molar-refractivity contribution >= 4 is 23.7 Å². The van der Waals surface area contributed by atoms with Crippen LogP contribution in [-0.4, -0.2) is 146 Å². The standard InChI is InChI=1S/C24H39N3O15/c1-6-14(31)19(13(22(37)38-6)27-10(5)30)41-23-12(26-9(4)29)16(33)18(7(2)39-23)40-24-11(25-8(3)28)15(32)17(34)20(42-24)21(35)36/h6-7,11-20,22-24,31-34,37H,1-5H3,(H,25,28)(H,26,29)(H,27,30)(H,35,36)/t6-,7-,11-,12-,13-,14+,15+,16-,17-,18+,19-,20-,22?,23-,24+/m0/s1. The van der Waals surface area contributed by atoms with Gasteiger partial charge >= 0.3 is 5.97 Å². The number of carboxylic acid groups (broad SMARTS) is 1. The fourth-order valence-electron chi connectivity index (χ4n) is 5.17. The number of nitrogens with one attached hydrogen (secondary N) is 3. The zero-order valence-corrected chi connectivity index (χ0v) is 23.5. The number of aliphatic hydroxyl groups excluding tert-OH is 5. The van der Waals surface area contributed by atoms with Crippen LogP contribution in [0.25, 0.3) is 0 Å². The van der Waals surface area contributed by atoms with Gasteiger partial charge in [-0.15, -0.1) is 0 Å². The van der Waals surface area contributed by atoms with Gasteiger partial charge in [-0.25, -0.2) is 4.79 Å². The Kier molecular flexibility index (Phi) is 11.2. The van der Waals surface area contributed by atoms with Crippen molar-refractivity contribution in [3.8, 4) is 0 Å². The summed E-state index contributed by atoms with van der Waals surface area (Å²) in [5.74, 6) is -3.51. The molecule has 0 aromatic heterocycles. The predicted molar refractivity (Wildman–Crippen MR) is 134 cm³/mol. The summed E-state index contributed by atoms with van der Waals surface area (Å²) in [6.45, 7) is 6.29. The van der Waals surface area contributed by atoms with E-state index in [2.05, 4.69) is 16.0 Å². The van der Waals surface area contributed by atoms with Crippen LogP contribution in [-0.2, 0) is 42.9 Å². The minimum absolute atomic E-state index is 0.573. The lowest BCUT2D eigenvalue weighted by Gasteiger charge is -2.49. The van der Waals surface area contributed by atoms with Crippen LogP contribution < -0.4 is 16.0 Å². The molecule has 0 aromatic carbocycles. The molecule has 9 N–H and O–H groups in total. The second-order valence-corrected chi connectivity index (χ2v) is 10.5. The summed E-state index contributed by atoms with van der Waals surface area (Å²) in [6, 6.07) is -4.15. The number of amides is 3. The molecule has 0 radical (unpaired) electrons. The Morgan fingerprint density at radius 3 is 1.60 bits per heavy atom. The molecule has 1 unspecified atom stereocenters. The molecule has 0 spiro atoms. The van der Waals surface area contributed by atoms with E-state index in [1.807, 2.05) is 0 Å². The van der Waals surface area contributed by atoms with Crippen molar-refractivity contribution in [2.45, 2.75) is 127 Å². The summed E-state index contributed by atoms with van der Waals surface area (Å²) < 4.78 is 28.3. The first-order valence-corrected chi connectivity index (χ1v) is 13.2. The molecule has 240 valence electrons. The van der Waals surface area contributed by atoms with Crippen LogP contribution in [0.4, 0.5) is 0 Å². The molecule has 3 saturated heterocycles. The van der Waals surface area contributed by atoms with Gasteiger partial charge in [-0.2, -0.15) is 0 Å². The van der Waals surface area contributed by atoms with Gasteiger partial charge in [-0.1, -0.05) is 0 Å². The Hall–Kier alpha value is -2.52. The second kappa shape index (κ2) is 13.8. The van der Waals surface area contributed by atoms with E-state index in [9.17, 15) is 49.8 Å². The first kappa shape index (κ1) is 34.0. The van der Waals surface area contributed by atoms with Crippen molar-refractivity contribution in [3.63, 3.8) is 0 Å². The predicted octanol–water partition coefficient (Wildman–Crippen LogP) is -4.99. The van der Waals surface area contributed by atoms with Crippen molar-refractivity contribution in [1.29, 1.82) is 0 Å². The highest BCUT2D eigenvalue weighted by Crippen LogP contribution is 2.32. The molecule has 3 amide bonds. The summed E-state index contributed by atoms with van der Waals surface area (Å²) in [7, 11) is 0. The van der Waals surface area contributed by atoms with E-state index in [4.69, 9.17) is 23.7 Å². The maximum Gasteiger partial charge on any atom is 0.335 e. The number of carbonyl (C=O) groups is 4. The second-order valence-electron chi connectivity index (χ2n) is 10.5. The highest BCUT2D eigenvalue weighted by molar-refractivity contribution is 5.75. The van der Waals surface area contributed by atoms with Crippen LogP contribution >= 0.6 is 0 Å². The number of rotatable bonds is 8. The molecule has 18 nitrogen and oxygen atoms in total. The lowest BCUT2D eigenvalue weighted by molar-refractivity contribution is -0.341. The van der Waals surface area contributed by atoms with Gasteiger partial charge in [0.05, 0.1) is 12.2 Å². The van der Waals surface area contributed by atoms with E-state index < -0.39 is 116 Å². The third kappa shape index (κ3) is 7.51. The lowest BCUT2D eigenvalue weighted by Crippen LogP contribution is -2.70. The van der Waals surface area contributed by atoms with Crippen molar-refractivity contribution in [2.75, 3.05) is 0 Å². The van der Waals surface area contributed by atoms with E-state index in [0.717, 1.165) is 13.8 Å². The molecular weight excluding hydrogens is 570 g/mol. The Labute approximate surface area is 240 Å². The fourth-order valence-corrected chi connectivity index (χ4v) is 5.17. The normalized spacial score (nSPS) is 44.1. The number of carboxylic acids is 1. The van der Waals surface area contributed by atoms with Gasteiger partial charge in [0, 0.05) is 20.8 Å². The van der Waals surface area contributed by atoms with Gasteiger partial charge in [-0.3, -0.25) is 14.4 Å². The van der Waals surface area contributed by atoms with Crippen LogP contribution in [0.15, 0.2) is 0 Å². The van der Waals surface area contributed by atoms with Crippen LogP contribution in [0.2, 0.25) is 0 Å². The van der Waals surface area contributed by atoms with E-state index in [-0.39, 0.29) is 0 Å². The number of aliphatic carboxylic acids is 1. The Balaban J connectivity index is 1.88. The third-order valence-corrected chi connectivity index (χ3v) is 7.18. The largest absolute Gasteiger partial charge is 0.479 e. The van der Waals surface area contributed by atoms with Gasteiger partial charge in [0.25, 0.3) is 0 Å². The average molecular weight is 610 g/mol. The summed E-state index contributed by atoms with van der Waals surface area (Å²) >= 11 is 0. The summed E-state index contributed by atoms with van der Waals surface area (Å²) in [5.41, 5.74) is 0. The molecule has 15 atom stereocenters. The summed E-state index contributed by atoms with van der Waals surface area (Å²) in [4.78, 5) is 47.2. The van der Waals surface area contributed by atoms with E-state index in [1.54, 1.807) is 0 Å². The quantitative estimate of drug-likeness (QED) is 0.125. The van der Waals surface area contributed by atoms with Gasteiger partial charge in [0.15, 0.2) is 25.0 Å². The fraction of sp³-hybridized carbons (Fsp3) is 0.833. The molecule has 3 heterocycles. The first-order valence-electron chi connectivity index (χ1n) is 13.2. The molecule has 0 aliphatic carbocycles. The van der Waals surface area contributed by atoms with Gasteiger partial charge in [-0.05, 0) is 13.8 Å². The van der Waals surface area contributed by atoms with Gasteiger partial charge < -0.3 is 70.3 Å². The molecule has 3 aliphatic rings. The summed E-state index contributed by atoms with van der Waals surface area (Å²) in [6.07, 6.45) is -18.4. The monoisotopic (exact) mass is 609 g/mol. The minimum Gasteiger partial charge on any atom is -0.479 e. The minimum atomic E-state index is -1.96. The van der Waals surface area contributed by atoms with Crippen LogP contribution in [0.5, 0.6) is 0 Å². The maximum atomic E-state index is 12.1. The van der Waals surface area contributed by atoms with Gasteiger partial charge in [0.2, 0.25) is 17.7 Å². The van der Waals surface area contributed by atoms with E-state index in [1.165, 1.54) is 20.8 Å². The Morgan fingerprint density at radius 1 is 0.595 bits per heavy atom. The zero-order chi connectivity index (χ0) is 31.6. The third-order valence-electron chi connectivity index (χ3n) is 7.18. The highest BCUT2D eigenvalue weighted by atomic mass is 16.7. The van der Waals surface area contributed by atoms with Crippen molar-refractivity contribution in [1.82, 2.24) is 16.0 Å². The number of hydrogen-bond acceptors (Lipinski definition) is 14. The number of ether oxygens (including phenoxy) is 5. The zero-order valence-electron chi connectivity index (χ0n) is 23.5. The van der Waals surface area contributed by atoms with Crippen LogP contribution in [0, 0.1) is 0 Å². The smallest absolute Gasteiger partial charge is 0.335 e. The number of aliphatic hydroxyl groups is 5. The molecule has 0 aromatic rings. The van der Waals surface area contributed by atoms with Crippen LogP contribution in [0.3, 0.4) is 0 Å². The number of hydrogen-bond donors (Lipinski definition) is 9. The van der Waals surface area contributed by atoms with Crippen LogP contribution in [0.1, 0.15) is 34.6 Å². The molecule has 3 aliphatic heterocycles. The molecular formula is C24H39N3O15. The Morgan fingerprint density at radius 2 is 1.07 bits per heavy atom. The molecule has 0 saturated carbocycles. The van der Waals surface area contributed by atoms with Crippen molar-refractivity contribution in [3.05, 3.63) is 0 Å². The average Bonchev–Trinajstić information content (AvgIpc) is 2.87. The lowest BCUT2D eigenvalue weighted by atomic mass is 9.94. The molecule has 3 rings (SSSR count). The van der Waals surface area contributed by atoms with Crippen molar-refractivity contribution < 1.29 is 73.5 Å². The van der Waals surface area contributed by atoms with Crippen molar-refractivity contribution in [2.24, 2.45) is 0 Å². The van der Waals surface area contributed by atoms with E-state index in [0.29, 0.717) is 0 Å². The molecule has 18 heteroatoms. The Bertz CT molecular complexity index is 1000. The molecule has 3 fully saturated rings. The highest BCUT2D eigenvalue weighted by Gasteiger charge is 2.54. The molecule has 0 bridgehead atoms. The first-order chi connectivity index (χ1) is 19.5. The van der Waals surface area contributed by atoms with Gasteiger partial charge in [0.1, 0.15) is 54.7 Å². The SMILES string of the molecule is CC(=O)N[C@@H]1[C@H](O[C@H]2[C@@H](O)[C@H](NC(C)=O)[C@H](O[C@@H]3[C@H](O)[C@H](C)OC(O)[C@H]3NC(C)=O)O[C@H]2C)O[C@H](C(=O)O)[C@@H](O)[C@@H]1O. The maximum absolute atomic E-state index is 12.1. The number of carbonyl (C=O) groups excluding carboxylic acids is 3. The topological polar surface area (TPSA) is 272 Å². The summed E-state index contributed by atoms with van der Waals surface area (Å²) in [5, 5.41) is 69.9. The molecule has 42 heavy (non-hydrogen) atoms. The van der Waals surface area contributed by atoms with E-state index >= 15 is 0 Å².